The number of amides is 1. The minimum atomic E-state index is -0.116. The Labute approximate surface area is 126 Å². The van der Waals surface area contributed by atoms with Crippen LogP contribution in [-0.2, 0) is 0 Å². The average Bonchev–Trinajstić information content (AvgIpc) is 3.01. The first-order valence-corrected chi connectivity index (χ1v) is 8.25. The van der Waals surface area contributed by atoms with E-state index in [1.54, 1.807) is 0 Å². The fraction of sp³-hybridized carbons (Fsp3) is 0.750. The van der Waals surface area contributed by atoms with Crippen molar-refractivity contribution in [2.45, 2.75) is 57.8 Å². The number of carbonyl (C=O) groups is 1. The Bertz CT molecular complexity index is 425. The van der Waals surface area contributed by atoms with Crippen molar-refractivity contribution < 1.29 is 9.21 Å². The van der Waals surface area contributed by atoms with Gasteiger partial charge in [0.1, 0.15) is 6.26 Å². The van der Waals surface area contributed by atoms with Gasteiger partial charge < -0.3 is 15.1 Å². The normalized spacial score (nSPS) is 16.0. The summed E-state index contributed by atoms with van der Waals surface area (Å²) in [5, 5.41) is 6.23. The highest BCUT2D eigenvalue weighted by atomic mass is 16.3. The molecule has 0 spiro atoms. The zero-order chi connectivity index (χ0) is 14.9. The van der Waals surface area contributed by atoms with E-state index < -0.39 is 0 Å². The number of carbonyl (C=O) groups excluding carboxylic acids is 1. The molecule has 1 fully saturated rings. The average molecular weight is 293 g/mol. The summed E-state index contributed by atoms with van der Waals surface area (Å²) < 4.78 is 5.48. The molecule has 2 N–H and O–H groups in total. The van der Waals surface area contributed by atoms with Crippen LogP contribution in [0.4, 0.5) is 0 Å². The molecule has 1 aliphatic heterocycles. The Kier molecular flexibility index (Phi) is 6.73. The van der Waals surface area contributed by atoms with Crippen LogP contribution < -0.4 is 10.6 Å². The van der Waals surface area contributed by atoms with Gasteiger partial charge in [-0.3, -0.25) is 4.79 Å². The zero-order valence-electron chi connectivity index (χ0n) is 13.0. The van der Waals surface area contributed by atoms with Crippen molar-refractivity contribution in [3.63, 3.8) is 0 Å². The summed E-state index contributed by atoms with van der Waals surface area (Å²) in [6.07, 6.45) is 9.51. The highest BCUT2D eigenvalue weighted by Crippen LogP contribution is 2.24. The summed E-state index contributed by atoms with van der Waals surface area (Å²) in [5.74, 6) is 0.945. The molecule has 0 radical (unpaired) electrons. The van der Waals surface area contributed by atoms with Crippen LogP contribution in [0, 0.1) is 0 Å². The molecule has 1 saturated heterocycles. The number of unbranched alkanes of at least 4 members (excludes halogenated alkanes) is 4. The molecule has 0 atom stereocenters. The van der Waals surface area contributed by atoms with Gasteiger partial charge in [0.2, 0.25) is 0 Å². The van der Waals surface area contributed by atoms with Crippen molar-refractivity contribution in [1.82, 2.24) is 15.6 Å². The molecule has 21 heavy (non-hydrogen) atoms. The van der Waals surface area contributed by atoms with Crippen molar-refractivity contribution in [3.8, 4) is 0 Å². The van der Waals surface area contributed by atoms with Gasteiger partial charge in [0.15, 0.2) is 11.6 Å². The molecule has 5 nitrogen and oxygen atoms in total. The zero-order valence-corrected chi connectivity index (χ0v) is 13.0. The molecule has 1 amide bonds. The second-order valence-corrected chi connectivity index (χ2v) is 5.77. The Hall–Kier alpha value is -1.36. The lowest BCUT2D eigenvalue weighted by Gasteiger charge is -2.19. The smallest absolute Gasteiger partial charge is 0.273 e. The van der Waals surface area contributed by atoms with E-state index in [-0.39, 0.29) is 5.91 Å². The van der Waals surface area contributed by atoms with Gasteiger partial charge in [-0.25, -0.2) is 4.98 Å². The lowest BCUT2D eigenvalue weighted by molar-refractivity contribution is 0.0948. The molecule has 0 aromatic carbocycles. The van der Waals surface area contributed by atoms with Crippen molar-refractivity contribution >= 4 is 5.91 Å². The van der Waals surface area contributed by atoms with Crippen LogP contribution in [0.3, 0.4) is 0 Å². The van der Waals surface area contributed by atoms with E-state index in [4.69, 9.17) is 4.42 Å². The Balaban J connectivity index is 1.71. The largest absolute Gasteiger partial charge is 0.448 e. The molecular weight excluding hydrogens is 266 g/mol. The molecule has 0 unspecified atom stereocenters. The minimum Gasteiger partial charge on any atom is -0.448 e. The summed E-state index contributed by atoms with van der Waals surface area (Å²) in [5.41, 5.74) is 0.414. The molecule has 1 aliphatic rings. The third-order valence-electron chi connectivity index (χ3n) is 4.01. The predicted molar refractivity (Wildman–Crippen MR) is 82.4 cm³/mol. The molecule has 5 heteroatoms. The third-order valence-corrected chi connectivity index (χ3v) is 4.01. The Morgan fingerprint density at radius 1 is 1.33 bits per heavy atom. The van der Waals surface area contributed by atoms with Crippen molar-refractivity contribution in [2.24, 2.45) is 0 Å². The molecule has 0 saturated carbocycles. The van der Waals surface area contributed by atoms with Crippen LogP contribution in [0.5, 0.6) is 0 Å². The fourth-order valence-corrected chi connectivity index (χ4v) is 2.67. The number of aromatic nitrogens is 1. The quantitative estimate of drug-likeness (QED) is 0.723. The van der Waals surface area contributed by atoms with E-state index in [0.29, 0.717) is 17.5 Å². The lowest BCUT2D eigenvalue weighted by atomic mass is 9.98. The van der Waals surface area contributed by atoms with Crippen LogP contribution in [0.15, 0.2) is 10.7 Å². The summed E-state index contributed by atoms with van der Waals surface area (Å²) in [6.45, 7) is 4.91. The maximum absolute atomic E-state index is 12.0. The van der Waals surface area contributed by atoms with Gasteiger partial charge >= 0.3 is 0 Å². The second kappa shape index (κ2) is 8.82. The van der Waals surface area contributed by atoms with Crippen LogP contribution in [0.1, 0.15) is 74.2 Å². The van der Waals surface area contributed by atoms with Gasteiger partial charge in [0.25, 0.3) is 5.91 Å². The molecule has 118 valence electrons. The Morgan fingerprint density at radius 2 is 2.10 bits per heavy atom. The monoisotopic (exact) mass is 293 g/mol. The number of nitrogens with zero attached hydrogens (tertiary/aromatic N) is 1. The summed E-state index contributed by atoms with van der Waals surface area (Å²) in [7, 11) is 0. The van der Waals surface area contributed by atoms with Crippen LogP contribution >= 0.6 is 0 Å². The highest BCUT2D eigenvalue weighted by Gasteiger charge is 2.21. The maximum atomic E-state index is 12.0. The number of hydrogen-bond acceptors (Lipinski definition) is 4. The van der Waals surface area contributed by atoms with Crippen LogP contribution in [0.2, 0.25) is 0 Å². The van der Waals surface area contributed by atoms with Crippen molar-refractivity contribution in [2.75, 3.05) is 19.6 Å². The van der Waals surface area contributed by atoms with E-state index in [9.17, 15) is 4.79 Å². The van der Waals surface area contributed by atoms with E-state index in [1.807, 2.05) is 0 Å². The summed E-state index contributed by atoms with van der Waals surface area (Å²) in [4.78, 5) is 16.3. The molecule has 1 aromatic heterocycles. The third kappa shape index (κ3) is 5.16. The number of nitrogens with one attached hydrogen (secondary N) is 2. The van der Waals surface area contributed by atoms with Gasteiger partial charge in [-0.1, -0.05) is 32.6 Å². The van der Waals surface area contributed by atoms with Crippen LogP contribution in [-0.4, -0.2) is 30.5 Å². The first-order valence-electron chi connectivity index (χ1n) is 8.25. The van der Waals surface area contributed by atoms with Crippen molar-refractivity contribution in [1.29, 1.82) is 0 Å². The van der Waals surface area contributed by atoms with E-state index in [1.165, 1.54) is 31.9 Å². The van der Waals surface area contributed by atoms with Gasteiger partial charge in [-0.15, -0.1) is 0 Å². The van der Waals surface area contributed by atoms with E-state index in [0.717, 1.165) is 38.9 Å². The second-order valence-electron chi connectivity index (χ2n) is 5.77. The number of oxazole rings is 1. The van der Waals surface area contributed by atoms with E-state index >= 15 is 0 Å². The minimum absolute atomic E-state index is 0.116. The summed E-state index contributed by atoms with van der Waals surface area (Å²) in [6, 6.07) is 0. The highest BCUT2D eigenvalue weighted by molar-refractivity contribution is 5.91. The Morgan fingerprint density at radius 3 is 2.86 bits per heavy atom. The van der Waals surface area contributed by atoms with Crippen LogP contribution in [0.25, 0.3) is 0 Å². The molecule has 0 aliphatic carbocycles. The van der Waals surface area contributed by atoms with Gasteiger partial charge in [-0.2, -0.15) is 0 Å². The first kappa shape index (κ1) is 16.0. The lowest BCUT2D eigenvalue weighted by Crippen LogP contribution is -2.27. The number of piperidine rings is 1. The topological polar surface area (TPSA) is 67.2 Å². The molecule has 0 bridgehead atoms. The molecule has 1 aromatic rings. The van der Waals surface area contributed by atoms with Crippen molar-refractivity contribution in [3.05, 3.63) is 17.8 Å². The number of hydrogen-bond donors (Lipinski definition) is 2. The maximum Gasteiger partial charge on any atom is 0.273 e. The standard InChI is InChI=1S/C16H27N3O2/c1-2-3-4-5-6-9-18-15(20)14-12-21-16(19-14)13-7-10-17-11-8-13/h12-13,17H,2-11H2,1H3,(H,18,20). The molecular formula is C16H27N3O2. The fourth-order valence-electron chi connectivity index (χ4n) is 2.67. The van der Waals surface area contributed by atoms with Gasteiger partial charge in [0.05, 0.1) is 0 Å². The SMILES string of the molecule is CCCCCCCNC(=O)c1coc(C2CCNCC2)n1. The predicted octanol–water partition coefficient (Wildman–Crippen LogP) is 2.84. The molecule has 2 rings (SSSR count). The molecule has 2 heterocycles. The summed E-state index contributed by atoms with van der Waals surface area (Å²) >= 11 is 0. The number of rotatable bonds is 8. The van der Waals surface area contributed by atoms with E-state index in [2.05, 4.69) is 22.5 Å². The van der Waals surface area contributed by atoms with Gasteiger partial charge in [0, 0.05) is 12.5 Å². The van der Waals surface area contributed by atoms with Gasteiger partial charge in [-0.05, 0) is 32.4 Å². The first-order chi connectivity index (χ1) is 10.3.